The van der Waals surface area contributed by atoms with Crippen LogP contribution >= 0.6 is 12.4 Å². The van der Waals surface area contributed by atoms with E-state index >= 15 is 0 Å². The summed E-state index contributed by atoms with van der Waals surface area (Å²) < 4.78 is 6.69. The molecule has 0 amide bonds. The van der Waals surface area contributed by atoms with Crippen molar-refractivity contribution in [3.8, 4) is 22.9 Å². The van der Waals surface area contributed by atoms with E-state index in [1.54, 1.807) is 30.1 Å². The predicted octanol–water partition coefficient (Wildman–Crippen LogP) is 2.53. The van der Waals surface area contributed by atoms with Gasteiger partial charge in [0.25, 0.3) is 0 Å². The minimum Gasteiger partial charge on any atom is -0.497 e. The summed E-state index contributed by atoms with van der Waals surface area (Å²) in [6.07, 6.45) is 4.88. The number of nitrogens with zero attached hydrogens (tertiary/aromatic N) is 3. The Hall–Kier alpha value is -2.27. The Labute approximate surface area is 115 Å². The third kappa shape index (κ3) is 2.20. The first-order chi connectivity index (χ1) is 8.79. The van der Waals surface area contributed by atoms with Crippen molar-refractivity contribution >= 4 is 18.1 Å². The zero-order valence-corrected chi connectivity index (χ0v) is 11.0. The summed E-state index contributed by atoms with van der Waals surface area (Å²) in [5.41, 5.74) is 1.98. The molecule has 3 aromatic rings. The maximum Gasteiger partial charge on any atom is 0.224 e. The monoisotopic (exact) mass is 277 g/mol. The molecule has 0 aliphatic carbocycles. The standard InChI is InChI=1S/C13H11N3O2.ClH/c1-18-10-4-2-9(3-5-10)12-13(17)16-7-6-14-8-11(16)15-12;/h2-8,17H,1H3;1H. The molecule has 0 aliphatic rings. The molecule has 0 fully saturated rings. The van der Waals surface area contributed by atoms with E-state index in [-0.39, 0.29) is 18.3 Å². The second kappa shape index (κ2) is 5.16. The van der Waals surface area contributed by atoms with Gasteiger partial charge in [-0.1, -0.05) is 0 Å². The van der Waals surface area contributed by atoms with Gasteiger partial charge in [0.15, 0.2) is 5.65 Å². The molecule has 3 rings (SSSR count). The molecule has 1 N–H and O–H groups in total. The van der Waals surface area contributed by atoms with Crippen LogP contribution in [0.25, 0.3) is 16.9 Å². The molecular formula is C13H12ClN3O2. The summed E-state index contributed by atoms with van der Waals surface area (Å²) in [6, 6.07) is 7.37. The predicted molar refractivity (Wildman–Crippen MR) is 73.9 cm³/mol. The summed E-state index contributed by atoms with van der Waals surface area (Å²) in [6.45, 7) is 0. The molecule has 2 heterocycles. The van der Waals surface area contributed by atoms with Crippen molar-refractivity contribution in [1.82, 2.24) is 14.4 Å². The molecule has 0 aliphatic heterocycles. The van der Waals surface area contributed by atoms with Gasteiger partial charge >= 0.3 is 0 Å². The average Bonchev–Trinajstić information content (AvgIpc) is 2.77. The SMILES string of the molecule is COc1ccc(-c2nc3cnccn3c2O)cc1.Cl. The molecule has 6 heteroatoms. The highest BCUT2D eigenvalue weighted by Gasteiger charge is 2.12. The summed E-state index contributed by atoms with van der Waals surface area (Å²) in [5.74, 6) is 0.876. The second-order valence-corrected chi connectivity index (χ2v) is 3.82. The van der Waals surface area contributed by atoms with E-state index in [1.165, 1.54) is 0 Å². The van der Waals surface area contributed by atoms with E-state index in [2.05, 4.69) is 9.97 Å². The molecule has 0 saturated carbocycles. The van der Waals surface area contributed by atoms with Crippen LogP contribution in [0.5, 0.6) is 11.6 Å². The number of rotatable bonds is 2. The van der Waals surface area contributed by atoms with Gasteiger partial charge in [0.2, 0.25) is 5.88 Å². The van der Waals surface area contributed by atoms with Gasteiger partial charge in [0.05, 0.1) is 13.3 Å². The first-order valence-corrected chi connectivity index (χ1v) is 5.45. The summed E-state index contributed by atoms with van der Waals surface area (Å²) in [7, 11) is 1.61. The molecule has 98 valence electrons. The van der Waals surface area contributed by atoms with Crippen LogP contribution in [0.4, 0.5) is 0 Å². The van der Waals surface area contributed by atoms with E-state index in [0.29, 0.717) is 11.3 Å². The maximum atomic E-state index is 10.1. The molecule has 0 spiro atoms. The first kappa shape index (κ1) is 13.2. The van der Waals surface area contributed by atoms with Crippen LogP contribution in [-0.2, 0) is 0 Å². The fraction of sp³-hybridized carbons (Fsp3) is 0.0769. The molecular weight excluding hydrogens is 266 g/mol. The van der Waals surface area contributed by atoms with Crippen LogP contribution in [0, 0.1) is 0 Å². The molecule has 0 saturated heterocycles. The Kier molecular flexibility index (Phi) is 3.57. The minimum absolute atomic E-state index is 0. The third-order valence-electron chi connectivity index (χ3n) is 2.77. The van der Waals surface area contributed by atoms with Crippen molar-refractivity contribution in [2.45, 2.75) is 0 Å². The van der Waals surface area contributed by atoms with Crippen molar-refractivity contribution in [2.24, 2.45) is 0 Å². The highest BCUT2D eigenvalue weighted by Crippen LogP contribution is 2.30. The van der Waals surface area contributed by atoms with E-state index in [1.807, 2.05) is 24.3 Å². The van der Waals surface area contributed by atoms with Crippen LogP contribution in [-0.4, -0.2) is 26.6 Å². The van der Waals surface area contributed by atoms with Gasteiger partial charge in [-0.25, -0.2) is 4.98 Å². The molecule has 0 atom stereocenters. The molecule has 0 bridgehead atoms. The van der Waals surface area contributed by atoms with Gasteiger partial charge < -0.3 is 9.84 Å². The fourth-order valence-corrected chi connectivity index (χ4v) is 1.84. The van der Waals surface area contributed by atoms with E-state index in [4.69, 9.17) is 4.74 Å². The van der Waals surface area contributed by atoms with Crippen LogP contribution in [0.1, 0.15) is 0 Å². The van der Waals surface area contributed by atoms with Crippen molar-refractivity contribution in [2.75, 3.05) is 7.11 Å². The summed E-state index contributed by atoms with van der Waals surface area (Å²) in [5, 5.41) is 10.1. The second-order valence-electron chi connectivity index (χ2n) is 3.82. The van der Waals surface area contributed by atoms with E-state index in [0.717, 1.165) is 11.3 Å². The number of hydrogen-bond donors (Lipinski definition) is 1. The number of hydrogen-bond acceptors (Lipinski definition) is 4. The molecule has 2 aromatic heterocycles. The van der Waals surface area contributed by atoms with Crippen LogP contribution in [0.3, 0.4) is 0 Å². The molecule has 1 aromatic carbocycles. The summed E-state index contributed by atoms with van der Waals surface area (Å²) >= 11 is 0. The van der Waals surface area contributed by atoms with Gasteiger partial charge in [-0.15, -0.1) is 12.4 Å². The average molecular weight is 278 g/mol. The van der Waals surface area contributed by atoms with Crippen LogP contribution in [0.2, 0.25) is 0 Å². The number of aromatic hydroxyl groups is 1. The normalized spacial score (nSPS) is 10.2. The summed E-state index contributed by atoms with van der Waals surface area (Å²) in [4.78, 5) is 8.32. The first-order valence-electron chi connectivity index (χ1n) is 5.45. The maximum absolute atomic E-state index is 10.1. The Bertz CT molecular complexity index is 695. The lowest BCUT2D eigenvalue weighted by Gasteiger charge is -2.01. The lowest BCUT2D eigenvalue weighted by atomic mass is 10.1. The number of ether oxygens (including phenoxy) is 1. The smallest absolute Gasteiger partial charge is 0.224 e. The molecule has 0 unspecified atom stereocenters. The van der Waals surface area contributed by atoms with E-state index < -0.39 is 0 Å². The topological polar surface area (TPSA) is 59.7 Å². The Balaban J connectivity index is 0.00000133. The van der Waals surface area contributed by atoms with Crippen LogP contribution in [0.15, 0.2) is 42.9 Å². The largest absolute Gasteiger partial charge is 0.497 e. The number of fused-ring (bicyclic) bond motifs is 1. The number of imidazole rings is 1. The van der Waals surface area contributed by atoms with Gasteiger partial charge in [0, 0.05) is 18.0 Å². The van der Waals surface area contributed by atoms with Gasteiger partial charge in [-0.2, -0.15) is 0 Å². The lowest BCUT2D eigenvalue weighted by molar-refractivity contribution is 0.415. The lowest BCUT2D eigenvalue weighted by Crippen LogP contribution is -1.83. The van der Waals surface area contributed by atoms with Crippen LogP contribution < -0.4 is 4.74 Å². The highest BCUT2D eigenvalue weighted by molar-refractivity contribution is 5.85. The Morgan fingerprint density at radius 2 is 1.95 bits per heavy atom. The Morgan fingerprint density at radius 1 is 1.21 bits per heavy atom. The van der Waals surface area contributed by atoms with Crippen molar-refractivity contribution in [3.05, 3.63) is 42.9 Å². The van der Waals surface area contributed by atoms with E-state index in [9.17, 15) is 5.11 Å². The molecule has 19 heavy (non-hydrogen) atoms. The van der Waals surface area contributed by atoms with Crippen molar-refractivity contribution < 1.29 is 9.84 Å². The number of aromatic nitrogens is 3. The third-order valence-corrected chi connectivity index (χ3v) is 2.77. The van der Waals surface area contributed by atoms with Gasteiger partial charge in [-0.3, -0.25) is 9.38 Å². The zero-order chi connectivity index (χ0) is 12.5. The Morgan fingerprint density at radius 3 is 2.58 bits per heavy atom. The number of methoxy groups -OCH3 is 1. The van der Waals surface area contributed by atoms with Crippen molar-refractivity contribution in [1.29, 1.82) is 0 Å². The fourth-order valence-electron chi connectivity index (χ4n) is 1.84. The number of benzene rings is 1. The quantitative estimate of drug-likeness (QED) is 0.782. The van der Waals surface area contributed by atoms with Crippen molar-refractivity contribution in [3.63, 3.8) is 0 Å². The highest BCUT2D eigenvalue weighted by atomic mass is 35.5. The minimum atomic E-state index is 0. The van der Waals surface area contributed by atoms with Gasteiger partial charge in [0.1, 0.15) is 11.4 Å². The molecule has 0 radical (unpaired) electrons. The van der Waals surface area contributed by atoms with Gasteiger partial charge in [-0.05, 0) is 24.3 Å². The number of halogens is 1. The zero-order valence-electron chi connectivity index (χ0n) is 10.1. The molecule has 5 nitrogen and oxygen atoms in total.